The van der Waals surface area contributed by atoms with E-state index in [4.69, 9.17) is 14.2 Å². The molecule has 0 heterocycles. The Kier molecular flexibility index (Phi) is 21.2. The van der Waals surface area contributed by atoms with Gasteiger partial charge in [-0.15, -0.1) is 0 Å². The van der Waals surface area contributed by atoms with Crippen LogP contribution in [0.3, 0.4) is 0 Å². The largest absolute Gasteiger partial charge is 1.00 e. The van der Waals surface area contributed by atoms with Gasteiger partial charge in [0.1, 0.15) is 5.92 Å². The van der Waals surface area contributed by atoms with E-state index in [1.54, 1.807) is 30.8 Å². The molecule has 1 atom stereocenters. The number of ether oxygens (including phenoxy) is 3. The standard InChI is InChI=1S/C18H36N2O5S.Na/c1-6-20(7-2)18(22)16(17(21)19(3)4)8-9-23-10-11-24-12-13-25-14-15-26-5;/h16H,6-15H2,1-5H3;/q;+1. The van der Waals surface area contributed by atoms with Crippen LogP contribution in [-0.2, 0) is 23.8 Å². The van der Waals surface area contributed by atoms with Gasteiger partial charge < -0.3 is 24.0 Å². The monoisotopic (exact) mass is 415 g/mol. The first kappa shape index (κ1) is 29.4. The minimum Gasteiger partial charge on any atom is -0.379 e. The van der Waals surface area contributed by atoms with E-state index in [2.05, 4.69) is 0 Å². The van der Waals surface area contributed by atoms with Gasteiger partial charge in [-0.2, -0.15) is 11.8 Å². The van der Waals surface area contributed by atoms with Crippen molar-refractivity contribution in [3.63, 3.8) is 0 Å². The smallest absolute Gasteiger partial charge is 0.379 e. The van der Waals surface area contributed by atoms with Gasteiger partial charge in [-0.1, -0.05) is 0 Å². The molecule has 27 heavy (non-hydrogen) atoms. The van der Waals surface area contributed by atoms with Crippen molar-refractivity contribution in [1.29, 1.82) is 0 Å². The predicted octanol–water partition coefficient (Wildman–Crippen LogP) is -1.63. The van der Waals surface area contributed by atoms with Crippen LogP contribution in [-0.4, -0.2) is 100 Å². The van der Waals surface area contributed by atoms with Crippen LogP contribution in [0.4, 0.5) is 0 Å². The molecule has 2 amide bonds. The van der Waals surface area contributed by atoms with E-state index in [0.717, 1.165) is 12.4 Å². The van der Waals surface area contributed by atoms with Gasteiger partial charge in [0.05, 0.1) is 33.0 Å². The molecule has 154 valence electrons. The molecule has 0 N–H and O–H groups in total. The molecule has 0 aromatic carbocycles. The van der Waals surface area contributed by atoms with Gasteiger partial charge in [0.15, 0.2) is 0 Å². The summed E-state index contributed by atoms with van der Waals surface area (Å²) in [6.45, 7) is 8.15. The maximum Gasteiger partial charge on any atom is 1.00 e. The third-order valence-electron chi connectivity index (χ3n) is 3.84. The fraction of sp³-hybridized carbons (Fsp3) is 0.889. The molecule has 0 spiro atoms. The molecule has 0 radical (unpaired) electrons. The van der Waals surface area contributed by atoms with Crippen molar-refractivity contribution < 1.29 is 53.4 Å². The Morgan fingerprint density at radius 3 is 1.78 bits per heavy atom. The molecule has 0 aliphatic rings. The summed E-state index contributed by atoms with van der Waals surface area (Å²) in [5.41, 5.74) is 0. The van der Waals surface area contributed by atoms with Crippen LogP contribution in [0, 0.1) is 5.92 Å². The third-order valence-corrected chi connectivity index (χ3v) is 4.41. The SMILES string of the molecule is CCN(CC)C(=O)C(CCOCCOCCOCCSC)C(=O)N(C)C.[Na+]. The molecule has 7 nitrogen and oxygen atoms in total. The van der Waals surface area contributed by atoms with Crippen LogP contribution >= 0.6 is 11.8 Å². The minimum atomic E-state index is -0.685. The molecule has 0 aromatic heterocycles. The van der Waals surface area contributed by atoms with Crippen LogP contribution in [0.25, 0.3) is 0 Å². The molecular formula is C18H36N2NaO5S+. The molecule has 0 aliphatic heterocycles. The molecule has 0 saturated carbocycles. The summed E-state index contributed by atoms with van der Waals surface area (Å²) in [6, 6.07) is 0. The number of hydrogen-bond acceptors (Lipinski definition) is 6. The summed E-state index contributed by atoms with van der Waals surface area (Å²) in [5, 5.41) is 0. The van der Waals surface area contributed by atoms with Gasteiger partial charge in [-0.3, -0.25) is 9.59 Å². The van der Waals surface area contributed by atoms with E-state index in [0.29, 0.717) is 52.5 Å². The molecule has 0 aromatic rings. The molecule has 1 unspecified atom stereocenters. The second-order valence-corrected chi connectivity index (χ2v) is 6.90. The van der Waals surface area contributed by atoms with Gasteiger partial charge >= 0.3 is 29.6 Å². The van der Waals surface area contributed by atoms with Gasteiger partial charge in [-0.05, 0) is 26.5 Å². The molecular weight excluding hydrogens is 379 g/mol. The summed E-state index contributed by atoms with van der Waals surface area (Å²) < 4.78 is 16.3. The third kappa shape index (κ3) is 13.9. The molecule has 0 rings (SSSR count). The van der Waals surface area contributed by atoms with Crippen LogP contribution in [0.5, 0.6) is 0 Å². The topological polar surface area (TPSA) is 68.3 Å². The Balaban J connectivity index is 0. The molecule has 9 heteroatoms. The fourth-order valence-electron chi connectivity index (χ4n) is 2.31. The minimum absolute atomic E-state index is 0. The van der Waals surface area contributed by atoms with Gasteiger partial charge in [0.25, 0.3) is 0 Å². The maximum absolute atomic E-state index is 12.5. The van der Waals surface area contributed by atoms with Crippen molar-refractivity contribution in [2.24, 2.45) is 5.92 Å². The van der Waals surface area contributed by atoms with Gasteiger partial charge in [0, 0.05) is 39.5 Å². The van der Waals surface area contributed by atoms with E-state index in [9.17, 15) is 9.59 Å². The number of hydrogen-bond donors (Lipinski definition) is 0. The summed E-state index contributed by atoms with van der Waals surface area (Å²) in [5.74, 6) is -0.00181. The summed E-state index contributed by atoms with van der Waals surface area (Å²) >= 11 is 1.75. The van der Waals surface area contributed by atoms with E-state index in [1.165, 1.54) is 4.90 Å². The Morgan fingerprint density at radius 2 is 1.33 bits per heavy atom. The van der Waals surface area contributed by atoms with Crippen molar-refractivity contribution in [2.45, 2.75) is 20.3 Å². The summed E-state index contributed by atoms with van der Waals surface area (Å²) in [4.78, 5) is 28.0. The van der Waals surface area contributed by atoms with Crippen molar-refractivity contribution in [1.82, 2.24) is 9.80 Å². The second-order valence-electron chi connectivity index (χ2n) is 5.91. The average Bonchev–Trinajstić information content (AvgIpc) is 2.63. The van der Waals surface area contributed by atoms with Crippen LogP contribution in [0.1, 0.15) is 20.3 Å². The van der Waals surface area contributed by atoms with Crippen molar-refractivity contribution in [3.8, 4) is 0 Å². The first-order chi connectivity index (χ1) is 12.5. The van der Waals surface area contributed by atoms with Crippen LogP contribution < -0.4 is 29.6 Å². The van der Waals surface area contributed by atoms with Crippen molar-refractivity contribution in [3.05, 3.63) is 0 Å². The molecule has 0 aliphatic carbocycles. The van der Waals surface area contributed by atoms with E-state index >= 15 is 0 Å². The zero-order valence-electron chi connectivity index (χ0n) is 18.0. The van der Waals surface area contributed by atoms with Crippen molar-refractivity contribution >= 4 is 23.6 Å². The van der Waals surface area contributed by atoms with Gasteiger partial charge in [-0.25, -0.2) is 0 Å². The second kappa shape index (κ2) is 19.5. The zero-order valence-corrected chi connectivity index (χ0v) is 20.8. The Labute approximate surface area is 191 Å². The molecule has 0 fully saturated rings. The number of carbonyl (C=O) groups is 2. The molecule has 0 bridgehead atoms. The average molecular weight is 416 g/mol. The quantitative estimate of drug-likeness (QED) is 0.171. The number of carbonyl (C=O) groups excluding carboxylic acids is 2. The fourth-order valence-corrected chi connectivity index (χ4v) is 2.59. The number of rotatable bonds is 16. The number of thioether (sulfide) groups is 1. The normalized spacial score (nSPS) is 11.6. The maximum atomic E-state index is 12.5. The zero-order chi connectivity index (χ0) is 19.8. The van der Waals surface area contributed by atoms with E-state index in [-0.39, 0.29) is 41.4 Å². The molecule has 0 saturated heterocycles. The van der Waals surface area contributed by atoms with E-state index < -0.39 is 5.92 Å². The first-order valence-corrected chi connectivity index (χ1v) is 10.6. The van der Waals surface area contributed by atoms with Crippen LogP contribution in [0.2, 0.25) is 0 Å². The summed E-state index contributed by atoms with van der Waals surface area (Å²) in [7, 11) is 3.33. The Bertz CT molecular complexity index is 385. The van der Waals surface area contributed by atoms with E-state index in [1.807, 2.05) is 20.1 Å². The number of nitrogens with zero attached hydrogens (tertiary/aromatic N) is 2. The first-order valence-electron chi connectivity index (χ1n) is 9.21. The predicted molar refractivity (Wildman–Crippen MR) is 106 cm³/mol. The van der Waals surface area contributed by atoms with Gasteiger partial charge in [0.2, 0.25) is 11.8 Å². The van der Waals surface area contributed by atoms with Crippen LogP contribution in [0.15, 0.2) is 0 Å². The Hall–Kier alpha value is 0.170. The Morgan fingerprint density at radius 1 is 0.852 bits per heavy atom. The van der Waals surface area contributed by atoms with Crippen molar-refractivity contribution in [2.75, 3.05) is 78.8 Å². The summed E-state index contributed by atoms with van der Waals surface area (Å²) in [6.07, 6.45) is 2.42. The number of amides is 2.